The van der Waals surface area contributed by atoms with E-state index >= 15 is 0 Å². The molecule has 2 aromatic rings. The highest BCUT2D eigenvalue weighted by Gasteiger charge is 2.12. The zero-order valence-corrected chi connectivity index (χ0v) is 10.8. The summed E-state index contributed by atoms with van der Waals surface area (Å²) in [6, 6.07) is 1.98. The number of nitriles is 1. The molecule has 6 nitrogen and oxygen atoms in total. The summed E-state index contributed by atoms with van der Waals surface area (Å²) in [7, 11) is 1.67. The molecule has 0 aliphatic heterocycles. The number of amides is 1. The van der Waals surface area contributed by atoms with E-state index in [0.29, 0.717) is 11.4 Å². The third kappa shape index (κ3) is 2.55. The summed E-state index contributed by atoms with van der Waals surface area (Å²) >= 11 is 1.50. The van der Waals surface area contributed by atoms with E-state index in [1.165, 1.54) is 22.2 Å². The highest BCUT2D eigenvalue weighted by Crippen LogP contribution is 2.14. The molecule has 0 saturated heterocycles. The number of aryl methyl sites for hydroxylation is 2. The molecule has 0 saturated carbocycles. The molecule has 2 rings (SSSR count). The summed E-state index contributed by atoms with van der Waals surface area (Å²) < 4.78 is 1.46. The summed E-state index contributed by atoms with van der Waals surface area (Å²) in [6.45, 7) is 1.89. The van der Waals surface area contributed by atoms with Crippen molar-refractivity contribution in [1.82, 2.24) is 14.8 Å². The Hall–Kier alpha value is -2.20. The van der Waals surface area contributed by atoms with Gasteiger partial charge in [-0.3, -0.25) is 9.48 Å². The van der Waals surface area contributed by atoms with Crippen molar-refractivity contribution >= 4 is 23.1 Å². The maximum Gasteiger partial charge on any atom is 0.231 e. The van der Waals surface area contributed by atoms with Gasteiger partial charge in [-0.25, -0.2) is 4.98 Å². The van der Waals surface area contributed by atoms with Gasteiger partial charge in [0, 0.05) is 12.4 Å². The molecule has 0 aliphatic carbocycles. The van der Waals surface area contributed by atoms with Gasteiger partial charge in [0.15, 0.2) is 0 Å². The van der Waals surface area contributed by atoms with Crippen LogP contribution in [0, 0.1) is 18.3 Å². The van der Waals surface area contributed by atoms with Gasteiger partial charge < -0.3 is 5.32 Å². The second-order valence-electron chi connectivity index (χ2n) is 3.73. The van der Waals surface area contributed by atoms with E-state index in [0.717, 1.165) is 10.7 Å². The van der Waals surface area contributed by atoms with Crippen molar-refractivity contribution in [2.24, 2.45) is 7.05 Å². The van der Waals surface area contributed by atoms with E-state index in [1.807, 2.05) is 18.4 Å². The van der Waals surface area contributed by atoms with Crippen molar-refractivity contribution in [3.8, 4) is 6.07 Å². The quantitative estimate of drug-likeness (QED) is 0.900. The summed E-state index contributed by atoms with van der Waals surface area (Å²) in [6.07, 6.45) is 1.61. The van der Waals surface area contributed by atoms with Crippen LogP contribution in [0.2, 0.25) is 0 Å². The van der Waals surface area contributed by atoms with Crippen LogP contribution in [0.1, 0.15) is 16.3 Å². The number of anilines is 1. The number of rotatable bonds is 3. The monoisotopic (exact) mass is 261 g/mol. The Morgan fingerprint density at radius 2 is 2.44 bits per heavy atom. The van der Waals surface area contributed by atoms with Gasteiger partial charge in [0.05, 0.1) is 23.3 Å². The SMILES string of the molecule is Cc1nc(CC(=O)Nc2c(C#N)cnn2C)cs1. The minimum Gasteiger partial charge on any atom is -0.309 e. The number of aromatic nitrogens is 3. The molecule has 0 spiro atoms. The molecular formula is C11H11N5OS. The molecule has 1 amide bonds. The molecule has 2 aromatic heterocycles. The van der Waals surface area contributed by atoms with Crippen molar-refractivity contribution in [3.05, 3.63) is 27.8 Å². The van der Waals surface area contributed by atoms with Crippen LogP contribution >= 0.6 is 11.3 Å². The first kappa shape index (κ1) is 12.3. The van der Waals surface area contributed by atoms with Crippen LogP contribution in [0.3, 0.4) is 0 Å². The molecule has 92 valence electrons. The molecule has 0 fully saturated rings. The lowest BCUT2D eigenvalue weighted by Gasteiger charge is -2.04. The molecule has 0 radical (unpaired) electrons. The van der Waals surface area contributed by atoms with E-state index in [1.54, 1.807) is 7.05 Å². The van der Waals surface area contributed by atoms with E-state index in [4.69, 9.17) is 5.26 Å². The predicted octanol–water partition coefficient (Wildman–Crippen LogP) is 1.24. The number of carbonyl (C=O) groups excluding carboxylic acids is 1. The van der Waals surface area contributed by atoms with Crippen molar-refractivity contribution in [1.29, 1.82) is 5.26 Å². The molecule has 0 unspecified atom stereocenters. The summed E-state index contributed by atoms with van der Waals surface area (Å²) in [5.74, 6) is 0.204. The highest BCUT2D eigenvalue weighted by atomic mass is 32.1. The molecule has 0 aromatic carbocycles. The Kier molecular flexibility index (Phi) is 3.39. The number of nitrogens with zero attached hydrogens (tertiary/aromatic N) is 4. The number of carbonyl (C=O) groups is 1. The Balaban J connectivity index is 2.08. The second kappa shape index (κ2) is 4.98. The Bertz CT molecular complexity index is 622. The van der Waals surface area contributed by atoms with Gasteiger partial charge in [-0.15, -0.1) is 11.3 Å². The first-order valence-corrected chi connectivity index (χ1v) is 6.11. The lowest BCUT2D eigenvalue weighted by atomic mass is 10.3. The maximum absolute atomic E-state index is 11.8. The minimum absolute atomic E-state index is 0.195. The maximum atomic E-state index is 11.8. The van der Waals surface area contributed by atoms with Crippen LogP contribution in [-0.2, 0) is 18.3 Å². The second-order valence-corrected chi connectivity index (χ2v) is 4.79. The first-order chi connectivity index (χ1) is 8.60. The van der Waals surface area contributed by atoms with E-state index in [2.05, 4.69) is 15.4 Å². The lowest BCUT2D eigenvalue weighted by molar-refractivity contribution is -0.115. The van der Waals surface area contributed by atoms with Crippen molar-refractivity contribution in [2.75, 3.05) is 5.32 Å². The van der Waals surface area contributed by atoms with Crippen LogP contribution in [0.5, 0.6) is 0 Å². The standard InChI is InChI=1S/C11H11N5OS/c1-7-14-9(6-18-7)3-10(17)15-11-8(4-12)5-13-16(11)2/h5-6H,3H2,1-2H3,(H,15,17). The number of hydrogen-bond donors (Lipinski definition) is 1. The van der Waals surface area contributed by atoms with Gasteiger partial charge in [-0.2, -0.15) is 10.4 Å². The van der Waals surface area contributed by atoms with Crippen molar-refractivity contribution in [3.63, 3.8) is 0 Å². The molecule has 2 heterocycles. The van der Waals surface area contributed by atoms with Crippen LogP contribution in [0.4, 0.5) is 5.82 Å². The average molecular weight is 261 g/mol. The third-order valence-corrected chi connectivity index (χ3v) is 3.15. The van der Waals surface area contributed by atoms with Gasteiger partial charge in [-0.05, 0) is 6.92 Å². The van der Waals surface area contributed by atoms with Gasteiger partial charge >= 0.3 is 0 Å². The topological polar surface area (TPSA) is 83.6 Å². The molecule has 0 atom stereocenters. The fourth-order valence-electron chi connectivity index (χ4n) is 1.50. The first-order valence-electron chi connectivity index (χ1n) is 5.23. The molecule has 0 aliphatic rings. The zero-order chi connectivity index (χ0) is 13.1. The largest absolute Gasteiger partial charge is 0.309 e. The number of thiazole rings is 1. The molecule has 7 heteroatoms. The normalized spacial score (nSPS) is 10.1. The Morgan fingerprint density at radius 3 is 3.06 bits per heavy atom. The predicted molar refractivity (Wildman–Crippen MR) is 67.1 cm³/mol. The number of hydrogen-bond acceptors (Lipinski definition) is 5. The fraction of sp³-hybridized carbons (Fsp3) is 0.273. The average Bonchev–Trinajstić information content (AvgIpc) is 2.87. The van der Waals surface area contributed by atoms with Crippen molar-refractivity contribution in [2.45, 2.75) is 13.3 Å². The van der Waals surface area contributed by atoms with Crippen molar-refractivity contribution < 1.29 is 4.79 Å². The number of nitrogens with one attached hydrogen (secondary N) is 1. The van der Waals surface area contributed by atoms with E-state index in [-0.39, 0.29) is 12.3 Å². The zero-order valence-electron chi connectivity index (χ0n) is 9.97. The third-order valence-electron chi connectivity index (χ3n) is 2.33. The fourth-order valence-corrected chi connectivity index (χ4v) is 2.11. The highest BCUT2D eigenvalue weighted by molar-refractivity contribution is 7.09. The van der Waals surface area contributed by atoms with Gasteiger partial charge in [0.25, 0.3) is 0 Å². The van der Waals surface area contributed by atoms with Crippen LogP contribution < -0.4 is 5.32 Å². The summed E-state index contributed by atoms with van der Waals surface area (Å²) in [4.78, 5) is 16.0. The molecular weight excluding hydrogens is 250 g/mol. The smallest absolute Gasteiger partial charge is 0.231 e. The Labute approximate surface area is 108 Å². The molecule has 0 bridgehead atoms. The van der Waals surface area contributed by atoms with Crippen LogP contribution in [0.15, 0.2) is 11.6 Å². The Morgan fingerprint density at radius 1 is 1.67 bits per heavy atom. The van der Waals surface area contributed by atoms with Gasteiger partial charge in [0.1, 0.15) is 17.5 Å². The van der Waals surface area contributed by atoms with Crippen LogP contribution in [0.25, 0.3) is 0 Å². The summed E-state index contributed by atoms with van der Waals surface area (Å²) in [5, 5.41) is 18.2. The summed E-state index contributed by atoms with van der Waals surface area (Å²) in [5.41, 5.74) is 1.08. The molecule has 18 heavy (non-hydrogen) atoms. The van der Waals surface area contributed by atoms with Crippen LogP contribution in [-0.4, -0.2) is 20.7 Å². The van der Waals surface area contributed by atoms with E-state index < -0.39 is 0 Å². The van der Waals surface area contributed by atoms with E-state index in [9.17, 15) is 4.79 Å². The van der Waals surface area contributed by atoms with Gasteiger partial charge in [-0.1, -0.05) is 0 Å². The van der Waals surface area contributed by atoms with Gasteiger partial charge in [0.2, 0.25) is 5.91 Å². The minimum atomic E-state index is -0.208. The lowest BCUT2D eigenvalue weighted by Crippen LogP contribution is -2.17. The molecule has 1 N–H and O–H groups in total.